The zero-order chi connectivity index (χ0) is 38.0. The molecule has 0 aliphatic rings. The van der Waals surface area contributed by atoms with Crippen molar-refractivity contribution in [3.05, 3.63) is 4.91 Å². The molecule has 10 heteroatoms. The third kappa shape index (κ3) is 38.0. The van der Waals surface area contributed by atoms with Crippen LogP contribution in [0, 0.1) is 4.91 Å². The van der Waals surface area contributed by atoms with Gasteiger partial charge in [-0.1, -0.05) is 186 Å². The van der Waals surface area contributed by atoms with Crippen LogP contribution in [0.1, 0.15) is 219 Å². The van der Waals surface area contributed by atoms with Gasteiger partial charge in [-0.3, -0.25) is 14.8 Å². The highest BCUT2D eigenvalue weighted by molar-refractivity contribution is 5.69. The molecule has 0 fully saturated rings. The quantitative estimate of drug-likeness (QED) is 0.0274. The molecular weight excluding hydrogens is 656 g/mol. The van der Waals surface area contributed by atoms with E-state index in [2.05, 4.69) is 24.5 Å². The Morgan fingerprint density at radius 1 is 0.481 bits per heavy atom. The molecular formula is C42H85N4O6+. The lowest BCUT2D eigenvalue weighted by molar-refractivity contribution is -0.654. The fourth-order valence-electron chi connectivity index (χ4n) is 6.62. The number of hydrazine groups is 1. The van der Waals surface area contributed by atoms with Gasteiger partial charge in [-0.15, -0.1) is 4.91 Å². The van der Waals surface area contributed by atoms with Gasteiger partial charge in [0.2, 0.25) is 0 Å². The zero-order valence-electron chi connectivity index (χ0n) is 34.3. The topological polar surface area (TPSA) is 125 Å². The Bertz CT molecular complexity index is 775. The van der Waals surface area contributed by atoms with Crippen molar-refractivity contribution in [1.29, 1.82) is 0 Å². The fourth-order valence-corrected chi connectivity index (χ4v) is 6.62. The van der Waals surface area contributed by atoms with E-state index in [-0.39, 0.29) is 30.2 Å². The van der Waals surface area contributed by atoms with Crippen molar-refractivity contribution in [2.45, 2.75) is 219 Å². The van der Waals surface area contributed by atoms with Gasteiger partial charge < -0.3 is 14.8 Å². The summed E-state index contributed by atoms with van der Waals surface area (Å²) in [6.07, 6.45) is 38.3. The summed E-state index contributed by atoms with van der Waals surface area (Å²) in [4.78, 5) is 35.1. The highest BCUT2D eigenvalue weighted by Gasteiger charge is 2.15. The number of quaternary nitrogens is 1. The number of hydrogen-bond donors (Lipinski definition) is 2. The number of nitroso groups, excluding NO2 is 1. The molecule has 3 N–H and O–H groups in total. The molecule has 0 spiro atoms. The summed E-state index contributed by atoms with van der Waals surface area (Å²) in [5.41, 5.74) is 0. The minimum absolute atomic E-state index is 0.0821. The van der Waals surface area contributed by atoms with Gasteiger partial charge in [0.1, 0.15) is 0 Å². The van der Waals surface area contributed by atoms with Crippen molar-refractivity contribution in [2.75, 3.05) is 39.4 Å². The zero-order valence-corrected chi connectivity index (χ0v) is 34.3. The summed E-state index contributed by atoms with van der Waals surface area (Å²) < 4.78 is 10.8. The van der Waals surface area contributed by atoms with Crippen LogP contribution < -0.4 is 5.32 Å². The number of esters is 2. The first-order chi connectivity index (χ1) is 25.5. The summed E-state index contributed by atoms with van der Waals surface area (Å²) in [7, 11) is 0. The van der Waals surface area contributed by atoms with E-state index in [0.717, 1.165) is 38.6 Å². The van der Waals surface area contributed by atoms with Crippen LogP contribution in [0.25, 0.3) is 0 Å². The summed E-state index contributed by atoms with van der Waals surface area (Å²) in [6, 6.07) is 0. The highest BCUT2D eigenvalue weighted by atomic mass is 16.6. The Kier molecular flexibility index (Phi) is 40.5. The summed E-state index contributed by atoms with van der Waals surface area (Å²) in [6.45, 7) is 7.51. The molecule has 0 aromatic heterocycles. The van der Waals surface area contributed by atoms with E-state index >= 15 is 0 Å². The van der Waals surface area contributed by atoms with E-state index in [9.17, 15) is 19.7 Å². The lowest BCUT2D eigenvalue weighted by Gasteiger charge is -2.23. The Morgan fingerprint density at radius 3 is 1.23 bits per heavy atom. The molecule has 0 aromatic rings. The normalized spacial score (nSPS) is 11.3. The van der Waals surface area contributed by atoms with Crippen molar-refractivity contribution in [3.63, 3.8) is 0 Å². The van der Waals surface area contributed by atoms with E-state index in [1.807, 2.05) is 0 Å². The van der Waals surface area contributed by atoms with Crippen LogP contribution in [0.5, 0.6) is 0 Å². The minimum Gasteiger partial charge on any atom is -0.466 e. The molecule has 0 radical (unpaired) electrons. The third-order valence-electron chi connectivity index (χ3n) is 10.0. The molecule has 308 valence electrons. The van der Waals surface area contributed by atoms with Gasteiger partial charge in [-0.05, 0) is 25.7 Å². The maximum Gasteiger partial charge on any atom is 0.311 e. The van der Waals surface area contributed by atoms with Gasteiger partial charge in [-0.2, -0.15) is 5.01 Å². The summed E-state index contributed by atoms with van der Waals surface area (Å²) >= 11 is 0. The van der Waals surface area contributed by atoms with Crippen molar-refractivity contribution in [3.8, 4) is 0 Å². The molecule has 0 aromatic carbocycles. The van der Waals surface area contributed by atoms with Crippen molar-refractivity contribution >= 4 is 11.9 Å². The molecule has 10 nitrogen and oxygen atoms in total. The molecule has 0 aliphatic heterocycles. The average molecular weight is 742 g/mol. The monoisotopic (exact) mass is 742 g/mol. The standard InChI is InChI=1S/C42H84N4O6/c1-3-5-7-9-11-13-15-17-19-21-23-25-27-31-39-51-41(47)33-36-43-35-29-30-37-45(46(50)44-49)38-34-42(48)52-40-32-28-26-24-22-20-18-16-14-12-10-8-6-4-2/h43,50H,3-40H2,1-2H3/p+1. The molecule has 0 aliphatic carbocycles. The maximum absolute atomic E-state index is 12.2. The van der Waals surface area contributed by atoms with E-state index in [1.54, 1.807) is 0 Å². The smallest absolute Gasteiger partial charge is 0.311 e. The average Bonchev–Trinajstić information content (AvgIpc) is 3.15. The molecule has 0 saturated heterocycles. The van der Waals surface area contributed by atoms with E-state index in [1.165, 1.54) is 159 Å². The predicted octanol–water partition coefficient (Wildman–Crippen LogP) is 10.7. The van der Waals surface area contributed by atoms with E-state index < -0.39 is 0 Å². The van der Waals surface area contributed by atoms with Crippen LogP contribution in [-0.4, -0.2) is 66.8 Å². The molecule has 0 amide bonds. The minimum atomic E-state index is -0.330. The molecule has 0 unspecified atom stereocenters. The second kappa shape index (κ2) is 42.0. The van der Waals surface area contributed by atoms with Crippen LogP contribution in [-0.2, 0) is 19.1 Å². The summed E-state index contributed by atoms with van der Waals surface area (Å²) in [5.74, 6) is -0.468. The van der Waals surface area contributed by atoms with Crippen molar-refractivity contribution in [2.24, 2.45) is 5.29 Å². The second-order valence-electron chi connectivity index (χ2n) is 15.0. The van der Waals surface area contributed by atoms with Crippen LogP contribution >= 0.6 is 0 Å². The number of unbranched alkanes of at least 4 members (excludes halogenated alkanes) is 27. The molecule has 0 bridgehead atoms. The number of nitrogens with two attached hydrogens (primary N) is 1. The number of rotatable bonds is 43. The fraction of sp³-hybridized carbons (Fsp3) is 0.952. The van der Waals surface area contributed by atoms with Crippen LogP contribution in [0.3, 0.4) is 0 Å². The van der Waals surface area contributed by atoms with Crippen LogP contribution in [0.15, 0.2) is 5.29 Å². The maximum atomic E-state index is 12.2. The van der Waals surface area contributed by atoms with Gasteiger partial charge in [-0.25, -0.2) is 0 Å². The van der Waals surface area contributed by atoms with Crippen LogP contribution in [0.4, 0.5) is 0 Å². The first-order valence-corrected chi connectivity index (χ1v) is 22.2. The summed E-state index contributed by atoms with van der Waals surface area (Å²) in [5, 5.41) is 16.1. The van der Waals surface area contributed by atoms with Gasteiger partial charge in [0, 0.05) is 13.1 Å². The predicted molar refractivity (Wildman–Crippen MR) is 214 cm³/mol. The number of carbonyl (C=O) groups excluding carboxylic acids is 2. The number of hydrogen-bond acceptors (Lipinski definition) is 8. The highest BCUT2D eigenvalue weighted by Crippen LogP contribution is 2.14. The molecule has 0 heterocycles. The Hall–Kier alpha value is -1.78. The Balaban J connectivity index is 3.62. The number of carbonyl (C=O) groups is 2. The first-order valence-electron chi connectivity index (χ1n) is 22.2. The lowest BCUT2D eigenvalue weighted by atomic mass is 10.0. The van der Waals surface area contributed by atoms with Crippen molar-refractivity contribution in [1.82, 2.24) is 10.3 Å². The second-order valence-corrected chi connectivity index (χ2v) is 15.0. The number of ether oxygens (including phenoxy) is 2. The van der Waals surface area contributed by atoms with E-state index in [0.29, 0.717) is 39.1 Å². The number of nitrogens with zero attached hydrogens (tertiary/aromatic N) is 3. The molecule has 0 atom stereocenters. The SMILES string of the molecule is CCCCCCCCCCCCCCCCOC(=O)CC[NH2+]CCCCN(CCC(=O)OCCCCCCCCCCCCCCCC)N(O)N=O. The Morgan fingerprint density at radius 2 is 0.846 bits per heavy atom. The van der Waals surface area contributed by atoms with Crippen molar-refractivity contribution < 1.29 is 29.6 Å². The van der Waals surface area contributed by atoms with Gasteiger partial charge >= 0.3 is 11.9 Å². The largest absolute Gasteiger partial charge is 0.466 e. The van der Waals surface area contributed by atoms with E-state index in [4.69, 9.17) is 9.47 Å². The van der Waals surface area contributed by atoms with Crippen LogP contribution in [0.2, 0.25) is 0 Å². The lowest BCUT2D eigenvalue weighted by Crippen LogP contribution is -2.84. The Labute approximate surface area is 320 Å². The van der Waals surface area contributed by atoms with Gasteiger partial charge in [0.15, 0.2) is 0 Å². The molecule has 0 rings (SSSR count). The third-order valence-corrected chi connectivity index (χ3v) is 10.0. The first kappa shape index (κ1) is 50.2. The molecule has 0 saturated carbocycles. The molecule has 52 heavy (non-hydrogen) atoms. The van der Waals surface area contributed by atoms with Gasteiger partial charge in [0.25, 0.3) is 0 Å². The van der Waals surface area contributed by atoms with Gasteiger partial charge in [0.05, 0.1) is 44.4 Å².